The van der Waals surface area contributed by atoms with Crippen LogP contribution in [0.3, 0.4) is 0 Å². The zero-order valence-corrected chi connectivity index (χ0v) is 16.4. The first kappa shape index (κ1) is 18.8. The second kappa shape index (κ2) is 7.88. The second-order valence-electron chi connectivity index (χ2n) is 7.01. The number of benzene rings is 4. The van der Waals surface area contributed by atoms with Crippen molar-refractivity contribution in [2.75, 3.05) is 0 Å². The summed E-state index contributed by atoms with van der Waals surface area (Å²) in [7, 11) is 0. The van der Waals surface area contributed by atoms with E-state index >= 15 is 0 Å². The maximum absolute atomic E-state index is 13.4. The summed E-state index contributed by atoms with van der Waals surface area (Å²) >= 11 is 0. The lowest BCUT2D eigenvalue weighted by Gasteiger charge is -2.14. The molecule has 1 heterocycles. The molecule has 0 aliphatic heterocycles. The molecule has 4 nitrogen and oxygen atoms in total. The van der Waals surface area contributed by atoms with Crippen molar-refractivity contribution in [2.45, 2.75) is 0 Å². The molecule has 31 heavy (non-hydrogen) atoms. The molecular formula is C26H17FN2O2. The number of hydrogen-bond acceptors (Lipinski definition) is 3. The number of hydrogen-bond donors (Lipinski definition) is 0. The van der Waals surface area contributed by atoms with Crippen LogP contribution in [0, 0.1) is 5.82 Å². The van der Waals surface area contributed by atoms with Crippen LogP contribution in [0.4, 0.5) is 4.39 Å². The van der Waals surface area contributed by atoms with Gasteiger partial charge in [0.1, 0.15) is 23.1 Å². The molecule has 0 atom stereocenters. The third kappa shape index (κ3) is 3.69. The zero-order chi connectivity index (χ0) is 21.2. The number of fused-ring (bicyclic) bond motifs is 1. The zero-order valence-electron chi connectivity index (χ0n) is 16.4. The van der Waals surface area contributed by atoms with Crippen molar-refractivity contribution < 1.29 is 9.13 Å². The van der Waals surface area contributed by atoms with Crippen LogP contribution in [0.1, 0.15) is 0 Å². The van der Waals surface area contributed by atoms with Crippen LogP contribution in [0.5, 0.6) is 11.5 Å². The van der Waals surface area contributed by atoms with Gasteiger partial charge in [-0.25, -0.2) is 9.37 Å². The summed E-state index contributed by atoms with van der Waals surface area (Å²) in [5, 5.41) is 0.550. The van der Waals surface area contributed by atoms with Crippen LogP contribution in [-0.4, -0.2) is 9.55 Å². The third-order valence-electron chi connectivity index (χ3n) is 4.95. The van der Waals surface area contributed by atoms with Gasteiger partial charge in [0.05, 0.1) is 16.6 Å². The Morgan fingerprint density at radius 2 is 1.32 bits per heavy atom. The fraction of sp³-hybridized carbons (Fsp3) is 0. The van der Waals surface area contributed by atoms with E-state index in [1.54, 1.807) is 34.9 Å². The number of aromatic nitrogens is 2. The first-order chi connectivity index (χ1) is 15.2. The Bertz CT molecular complexity index is 1410. The van der Waals surface area contributed by atoms with E-state index < -0.39 is 0 Å². The van der Waals surface area contributed by atoms with Crippen molar-refractivity contribution >= 4 is 10.9 Å². The van der Waals surface area contributed by atoms with Gasteiger partial charge < -0.3 is 4.74 Å². The summed E-state index contributed by atoms with van der Waals surface area (Å²) in [6.45, 7) is 0. The fourth-order valence-corrected chi connectivity index (χ4v) is 3.46. The van der Waals surface area contributed by atoms with Gasteiger partial charge in [0.15, 0.2) is 0 Å². The minimum Gasteiger partial charge on any atom is -0.457 e. The highest BCUT2D eigenvalue weighted by Crippen LogP contribution is 2.25. The van der Waals surface area contributed by atoms with Crippen LogP contribution in [-0.2, 0) is 0 Å². The Labute approximate surface area is 177 Å². The van der Waals surface area contributed by atoms with Gasteiger partial charge in [0.2, 0.25) is 0 Å². The maximum atomic E-state index is 13.4. The van der Waals surface area contributed by atoms with E-state index in [1.165, 1.54) is 12.1 Å². The summed E-state index contributed by atoms with van der Waals surface area (Å²) < 4.78 is 20.5. The Morgan fingerprint density at radius 1 is 0.710 bits per heavy atom. The molecule has 0 amide bonds. The lowest BCUT2D eigenvalue weighted by atomic mass is 10.1. The number of rotatable bonds is 4. The molecule has 0 bridgehead atoms. The fourth-order valence-electron chi connectivity index (χ4n) is 3.46. The summed E-state index contributed by atoms with van der Waals surface area (Å²) in [5.74, 6) is 1.36. The molecule has 0 radical (unpaired) electrons. The van der Waals surface area contributed by atoms with E-state index in [1.807, 2.05) is 60.7 Å². The Morgan fingerprint density at radius 3 is 2.03 bits per heavy atom. The summed E-state index contributed by atoms with van der Waals surface area (Å²) in [5.41, 5.74) is 2.03. The largest absolute Gasteiger partial charge is 0.457 e. The van der Waals surface area contributed by atoms with E-state index in [0.717, 1.165) is 5.56 Å². The minimum atomic E-state index is -0.320. The van der Waals surface area contributed by atoms with Gasteiger partial charge in [0.25, 0.3) is 5.56 Å². The van der Waals surface area contributed by atoms with Crippen molar-refractivity contribution in [3.8, 4) is 28.6 Å². The van der Waals surface area contributed by atoms with Crippen molar-refractivity contribution in [3.05, 3.63) is 119 Å². The molecule has 4 aromatic carbocycles. The Kier molecular flexibility index (Phi) is 4.77. The summed E-state index contributed by atoms with van der Waals surface area (Å²) in [4.78, 5) is 18.2. The Hall–Kier alpha value is -4.25. The van der Waals surface area contributed by atoms with Crippen LogP contribution in [0.25, 0.3) is 28.0 Å². The van der Waals surface area contributed by atoms with Crippen LogP contribution < -0.4 is 10.3 Å². The molecule has 5 heteroatoms. The molecule has 0 aliphatic carbocycles. The van der Waals surface area contributed by atoms with Gasteiger partial charge in [-0.15, -0.1) is 0 Å². The van der Waals surface area contributed by atoms with Crippen molar-refractivity contribution in [1.82, 2.24) is 9.55 Å². The molecule has 150 valence electrons. The monoisotopic (exact) mass is 408 g/mol. The maximum Gasteiger partial charge on any atom is 0.266 e. The molecule has 1 aromatic heterocycles. The smallest absolute Gasteiger partial charge is 0.266 e. The summed E-state index contributed by atoms with van der Waals surface area (Å²) in [6, 6.07) is 29.9. The normalized spacial score (nSPS) is 10.9. The van der Waals surface area contributed by atoms with Crippen LogP contribution in [0.2, 0.25) is 0 Å². The van der Waals surface area contributed by atoms with Gasteiger partial charge in [-0.05, 0) is 60.7 Å². The highest BCUT2D eigenvalue weighted by molar-refractivity contribution is 5.80. The van der Waals surface area contributed by atoms with Gasteiger partial charge in [-0.2, -0.15) is 0 Å². The lowest BCUT2D eigenvalue weighted by Crippen LogP contribution is -2.21. The van der Waals surface area contributed by atoms with Gasteiger partial charge in [-0.3, -0.25) is 9.36 Å². The van der Waals surface area contributed by atoms with E-state index in [0.29, 0.717) is 33.9 Å². The standard InChI is InChI=1S/C26H17FN2O2/c27-19-10-14-21(15-11-19)31-22-16-12-20(13-17-22)29-25(18-6-2-1-3-7-18)28-24-9-5-4-8-23(24)26(29)30/h1-17H. The van der Waals surface area contributed by atoms with Crippen molar-refractivity contribution in [1.29, 1.82) is 0 Å². The number of ether oxygens (including phenoxy) is 1. The minimum absolute atomic E-state index is 0.142. The predicted molar refractivity (Wildman–Crippen MR) is 119 cm³/mol. The Balaban J connectivity index is 1.61. The van der Waals surface area contributed by atoms with E-state index in [2.05, 4.69) is 0 Å². The van der Waals surface area contributed by atoms with Gasteiger partial charge in [-0.1, -0.05) is 42.5 Å². The van der Waals surface area contributed by atoms with Crippen molar-refractivity contribution in [3.63, 3.8) is 0 Å². The predicted octanol–water partition coefficient (Wildman–Crippen LogP) is 5.98. The summed E-state index contributed by atoms with van der Waals surface area (Å²) in [6.07, 6.45) is 0. The van der Waals surface area contributed by atoms with E-state index in [-0.39, 0.29) is 11.4 Å². The molecular weight excluding hydrogens is 391 g/mol. The molecule has 0 unspecified atom stereocenters. The number of halogens is 1. The number of para-hydroxylation sites is 1. The lowest BCUT2D eigenvalue weighted by molar-refractivity contribution is 0.480. The van der Waals surface area contributed by atoms with E-state index in [9.17, 15) is 9.18 Å². The highest BCUT2D eigenvalue weighted by atomic mass is 19.1. The number of nitrogens with zero attached hydrogens (tertiary/aromatic N) is 2. The first-order valence-corrected chi connectivity index (χ1v) is 9.80. The SMILES string of the molecule is O=c1c2ccccc2nc(-c2ccccc2)n1-c1ccc(Oc2ccc(F)cc2)cc1. The topological polar surface area (TPSA) is 44.1 Å². The first-order valence-electron chi connectivity index (χ1n) is 9.80. The highest BCUT2D eigenvalue weighted by Gasteiger charge is 2.14. The molecule has 5 rings (SSSR count). The van der Waals surface area contributed by atoms with Gasteiger partial charge in [0, 0.05) is 5.56 Å². The van der Waals surface area contributed by atoms with E-state index in [4.69, 9.17) is 9.72 Å². The molecule has 5 aromatic rings. The molecule has 0 aliphatic rings. The van der Waals surface area contributed by atoms with Crippen LogP contribution in [0.15, 0.2) is 108 Å². The molecule has 0 fully saturated rings. The molecule has 0 spiro atoms. The average Bonchev–Trinajstić information content (AvgIpc) is 2.82. The average molecular weight is 408 g/mol. The molecule has 0 N–H and O–H groups in total. The quantitative estimate of drug-likeness (QED) is 0.367. The molecule has 0 saturated carbocycles. The molecule has 0 saturated heterocycles. The van der Waals surface area contributed by atoms with Gasteiger partial charge >= 0.3 is 0 Å². The van der Waals surface area contributed by atoms with Crippen LogP contribution >= 0.6 is 0 Å². The second-order valence-corrected chi connectivity index (χ2v) is 7.01. The van der Waals surface area contributed by atoms with Crippen molar-refractivity contribution in [2.24, 2.45) is 0 Å². The third-order valence-corrected chi connectivity index (χ3v) is 4.95.